The zero-order valence-electron chi connectivity index (χ0n) is 20.3. The second-order valence-corrected chi connectivity index (χ2v) is 9.03. The van der Waals surface area contributed by atoms with Gasteiger partial charge < -0.3 is 30.4 Å². The van der Waals surface area contributed by atoms with Crippen molar-refractivity contribution in [3.63, 3.8) is 0 Å². The van der Waals surface area contributed by atoms with E-state index in [1.54, 1.807) is 11.4 Å². The SMILES string of the molecule is C[C@H](O)C(=O)NCc1ccc(Cl)c(Nc2nc3cc(C(=O)NCC(F)(F)F)c(OCC(F)F)cc3n2C)c1Cl. The molecule has 0 aliphatic carbocycles. The third-order valence-corrected chi connectivity index (χ3v) is 6.03. The number of alkyl halides is 5. The molecule has 0 spiro atoms. The van der Waals surface area contributed by atoms with Gasteiger partial charge in [-0.3, -0.25) is 9.59 Å². The van der Waals surface area contributed by atoms with Crippen LogP contribution in [0.3, 0.4) is 0 Å². The number of ether oxygens (including phenoxy) is 1. The van der Waals surface area contributed by atoms with Crippen LogP contribution in [0.2, 0.25) is 10.0 Å². The van der Waals surface area contributed by atoms with Gasteiger partial charge in [0.15, 0.2) is 0 Å². The topological polar surface area (TPSA) is 118 Å². The average Bonchev–Trinajstić information content (AvgIpc) is 3.16. The van der Waals surface area contributed by atoms with E-state index in [2.05, 4.69) is 15.6 Å². The maximum atomic E-state index is 12.8. The van der Waals surface area contributed by atoms with E-state index in [9.17, 15) is 36.6 Å². The maximum absolute atomic E-state index is 12.8. The van der Waals surface area contributed by atoms with Gasteiger partial charge in [-0.25, -0.2) is 13.8 Å². The first-order chi connectivity index (χ1) is 18.2. The third-order valence-electron chi connectivity index (χ3n) is 5.28. The number of aliphatic hydroxyl groups is 1. The Labute approximate surface area is 228 Å². The first kappa shape index (κ1) is 30.2. The number of carbonyl (C=O) groups excluding carboxylic acids is 2. The van der Waals surface area contributed by atoms with Gasteiger partial charge in [0.1, 0.15) is 25.0 Å². The van der Waals surface area contributed by atoms with Gasteiger partial charge in [0.25, 0.3) is 12.3 Å². The molecular formula is C23H22Cl2F5N5O4. The van der Waals surface area contributed by atoms with Crippen LogP contribution in [0.5, 0.6) is 5.75 Å². The van der Waals surface area contributed by atoms with E-state index in [-0.39, 0.29) is 45.0 Å². The van der Waals surface area contributed by atoms with Crippen LogP contribution in [-0.2, 0) is 18.4 Å². The lowest BCUT2D eigenvalue weighted by molar-refractivity contribution is -0.128. The normalized spacial score (nSPS) is 12.5. The number of imidazole rings is 1. The highest BCUT2D eigenvalue weighted by atomic mass is 35.5. The summed E-state index contributed by atoms with van der Waals surface area (Å²) in [6, 6.07) is 5.37. The summed E-state index contributed by atoms with van der Waals surface area (Å²) in [5, 5.41) is 16.8. The molecule has 0 bridgehead atoms. The van der Waals surface area contributed by atoms with Gasteiger partial charge >= 0.3 is 6.18 Å². The Morgan fingerprint density at radius 3 is 2.49 bits per heavy atom. The standard InChI is InChI=1S/C23H22Cl2F5N5O4/c1-10(36)20(37)31-7-11-3-4-13(24)19(18(11)25)34-22-33-14-5-12(21(38)32-9-23(28,29)30)16(39-8-17(26)27)6-15(14)35(22)2/h3-6,10,17,36H,7-9H2,1-2H3,(H,31,37)(H,32,38)(H,33,34)/t10-/m0/s1. The number of anilines is 2. The number of hydrogen-bond acceptors (Lipinski definition) is 6. The van der Waals surface area contributed by atoms with Crippen molar-refractivity contribution in [3.05, 3.63) is 45.4 Å². The van der Waals surface area contributed by atoms with E-state index >= 15 is 0 Å². The molecule has 2 amide bonds. The van der Waals surface area contributed by atoms with E-state index < -0.39 is 49.2 Å². The molecular weight excluding hydrogens is 576 g/mol. The number of halogens is 7. The van der Waals surface area contributed by atoms with Crippen LogP contribution in [-0.4, -0.2) is 58.3 Å². The van der Waals surface area contributed by atoms with Crippen molar-refractivity contribution in [3.8, 4) is 5.75 Å². The monoisotopic (exact) mass is 597 g/mol. The quantitative estimate of drug-likeness (QED) is 0.255. The summed E-state index contributed by atoms with van der Waals surface area (Å²) in [6.45, 7) is -1.47. The van der Waals surface area contributed by atoms with Crippen molar-refractivity contribution in [1.29, 1.82) is 0 Å². The predicted molar refractivity (Wildman–Crippen MR) is 134 cm³/mol. The average molecular weight is 598 g/mol. The molecule has 0 radical (unpaired) electrons. The fourth-order valence-electron chi connectivity index (χ4n) is 3.34. The highest BCUT2D eigenvalue weighted by Gasteiger charge is 2.29. The fraction of sp³-hybridized carbons (Fsp3) is 0.348. The fourth-order valence-corrected chi connectivity index (χ4v) is 3.88. The van der Waals surface area contributed by atoms with Crippen molar-refractivity contribution in [1.82, 2.24) is 20.2 Å². The van der Waals surface area contributed by atoms with Crippen LogP contribution < -0.4 is 20.7 Å². The van der Waals surface area contributed by atoms with Crippen LogP contribution in [0, 0.1) is 0 Å². The molecule has 16 heteroatoms. The van der Waals surface area contributed by atoms with Crippen molar-refractivity contribution in [2.24, 2.45) is 7.05 Å². The van der Waals surface area contributed by atoms with Gasteiger partial charge in [-0.15, -0.1) is 0 Å². The molecule has 0 saturated carbocycles. The molecule has 0 fully saturated rings. The first-order valence-corrected chi connectivity index (χ1v) is 11.9. The summed E-state index contributed by atoms with van der Waals surface area (Å²) in [5.74, 6) is -2.07. The predicted octanol–water partition coefficient (Wildman–Crippen LogP) is 4.56. The molecule has 1 aromatic heterocycles. The van der Waals surface area contributed by atoms with Gasteiger partial charge in [-0.1, -0.05) is 29.3 Å². The zero-order chi connectivity index (χ0) is 29.1. The number of aryl methyl sites for hydroxylation is 1. The minimum Gasteiger partial charge on any atom is -0.487 e. The Balaban J connectivity index is 1.98. The largest absolute Gasteiger partial charge is 0.487 e. The first-order valence-electron chi connectivity index (χ1n) is 11.1. The molecule has 1 atom stereocenters. The van der Waals surface area contributed by atoms with E-state index in [0.717, 1.165) is 6.07 Å². The molecule has 3 rings (SSSR count). The van der Waals surface area contributed by atoms with Crippen molar-refractivity contribution in [2.75, 3.05) is 18.5 Å². The molecule has 2 aromatic carbocycles. The number of fused-ring (bicyclic) bond motifs is 1. The molecule has 0 saturated heterocycles. The Bertz CT molecular complexity index is 1380. The van der Waals surface area contributed by atoms with Gasteiger partial charge in [0, 0.05) is 19.7 Å². The van der Waals surface area contributed by atoms with E-state index in [4.69, 9.17) is 27.9 Å². The van der Waals surface area contributed by atoms with Crippen LogP contribution in [0.25, 0.3) is 11.0 Å². The number of carbonyl (C=O) groups is 2. The van der Waals surface area contributed by atoms with Gasteiger partial charge in [0.2, 0.25) is 11.9 Å². The second kappa shape index (κ2) is 12.2. The highest BCUT2D eigenvalue weighted by Crippen LogP contribution is 2.36. The third kappa shape index (κ3) is 7.61. The Morgan fingerprint density at radius 1 is 1.18 bits per heavy atom. The molecule has 0 unspecified atom stereocenters. The number of rotatable bonds is 10. The number of nitrogens with one attached hydrogen (secondary N) is 3. The maximum Gasteiger partial charge on any atom is 0.405 e. The zero-order valence-corrected chi connectivity index (χ0v) is 21.8. The molecule has 9 nitrogen and oxygen atoms in total. The molecule has 4 N–H and O–H groups in total. The number of benzene rings is 2. The minimum absolute atomic E-state index is 0.0296. The lowest BCUT2D eigenvalue weighted by Gasteiger charge is -2.15. The molecule has 1 heterocycles. The summed E-state index contributed by atoms with van der Waals surface area (Å²) in [6.07, 6.45) is -8.83. The molecule has 39 heavy (non-hydrogen) atoms. The lowest BCUT2D eigenvalue weighted by atomic mass is 10.1. The van der Waals surface area contributed by atoms with Crippen LogP contribution in [0.4, 0.5) is 33.6 Å². The Morgan fingerprint density at radius 2 is 1.87 bits per heavy atom. The number of hydrogen-bond donors (Lipinski definition) is 4. The van der Waals surface area contributed by atoms with Gasteiger partial charge in [0.05, 0.1) is 32.3 Å². The number of aliphatic hydroxyl groups excluding tert-OH is 1. The smallest absolute Gasteiger partial charge is 0.405 e. The summed E-state index contributed by atoms with van der Waals surface area (Å²) >= 11 is 12.8. The summed E-state index contributed by atoms with van der Waals surface area (Å²) in [5.41, 5.74) is 0.611. The molecule has 3 aromatic rings. The van der Waals surface area contributed by atoms with Gasteiger partial charge in [-0.05, 0) is 24.6 Å². The molecule has 0 aliphatic rings. The van der Waals surface area contributed by atoms with E-state index in [0.29, 0.717) is 5.56 Å². The van der Waals surface area contributed by atoms with E-state index in [1.807, 2.05) is 0 Å². The van der Waals surface area contributed by atoms with E-state index in [1.165, 1.54) is 30.7 Å². The van der Waals surface area contributed by atoms with Gasteiger partial charge in [-0.2, -0.15) is 13.2 Å². The number of amides is 2. The van der Waals surface area contributed by atoms with Crippen LogP contribution >= 0.6 is 23.2 Å². The minimum atomic E-state index is -4.70. The summed E-state index contributed by atoms with van der Waals surface area (Å²) in [7, 11) is 1.53. The lowest BCUT2D eigenvalue weighted by Crippen LogP contribution is -2.34. The summed E-state index contributed by atoms with van der Waals surface area (Å²) in [4.78, 5) is 28.5. The number of aromatic nitrogens is 2. The Hall–Kier alpha value is -3.36. The number of nitrogens with zero attached hydrogens (tertiary/aromatic N) is 2. The summed E-state index contributed by atoms with van der Waals surface area (Å²) < 4.78 is 69.8. The second-order valence-electron chi connectivity index (χ2n) is 8.25. The van der Waals surface area contributed by atoms with Crippen molar-refractivity contribution >= 4 is 57.7 Å². The Kier molecular flexibility index (Phi) is 9.46. The van der Waals surface area contributed by atoms with Crippen LogP contribution in [0.1, 0.15) is 22.8 Å². The van der Waals surface area contributed by atoms with Crippen molar-refractivity contribution in [2.45, 2.75) is 32.2 Å². The van der Waals surface area contributed by atoms with Crippen molar-refractivity contribution < 1.29 is 41.4 Å². The molecule has 212 valence electrons. The van der Waals surface area contributed by atoms with Crippen LogP contribution in [0.15, 0.2) is 24.3 Å². The highest BCUT2D eigenvalue weighted by molar-refractivity contribution is 6.39. The molecule has 0 aliphatic heterocycles.